The summed E-state index contributed by atoms with van der Waals surface area (Å²) >= 11 is 7.90. The summed E-state index contributed by atoms with van der Waals surface area (Å²) in [5.41, 5.74) is 5.93. The van der Waals surface area contributed by atoms with E-state index in [1.54, 1.807) is 0 Å². The highest BCUT2D eigenvalue weighted by Crippen LogP contribution is 2.16. The van der Waals surface area contributed by atoms with Crippen LogP contribution in [-0.4, -0.2) is 53.5 Å². The summed E-state index contributed by atoms with van der Waals surface area (Å²) in [5.74, 6) is 2.43. The molecule has 104 valence electrons. The minimum atomic E-state index is -0.203. The molecule has 1 aromatic rings. The molecule has 1 aliphatic rings. The van der Waals surface area contributed by atoms with E-state index in [2.05, 4.69) is 15.2 Å². The fourth-order valence-corrected chi connectivity index (χ4v) is 3.04. The number of nitrogens with zero attached hydrogens (tertiary/aromatic N) is 2. The standard InChI is InChI=1S/C12H17ClN4OS/c13-10-8-16-11(14)7-9(10)12(18)15-1-2-17-3-5-19-6-4-17/h7-8H,1-6H2,(H2,14,16)(H,15,18). The van der Waals surface area contributed by atoms with Crippen LogP contribution in [0.3, 0.4) is 0 Å². The summed E-state index contributed by atoms with van der Waals surface area (Å²) in [4.78, 5) is 18.1. The van der Waals surface area contributed by atoms with Crippen molar-refractivity contribution < 1.29 is 4.79 Å². The molecule has 0 unspecified atom stereocenters. The van der Waals surface area contributed by atoms with Crippen molar-refractivity contribution in [2.24, 2.45) is 0 Å². The largest absolute Gasteiger partial charge is 0.384 e. The second-order valence-corrected chi connectivity index (χ2v) is 5.93. The number of carbonyl (C=O) groups excluding carboxylic acids is 1. The van der Waals surface area contributed by atoms with Gasteiger partial charge in [-0.05, 0) is 6.07 Å². The number of nitrogen functional groups attached to an aromatic ring is 1. The van der Waals surface area contributed by atoms with Crippen LogP contribution in [-0.2, 0) is 0 Å². The molecule has 1 aliphatic heterocycles. The Morgan fingerprint density at radius 3 is 3.00 bits per heavy atom. The zero-order valence-corrected chi connectivity index (χ0v) is 12.1. The van der Waals surface area contributed by atoms with Gasteiger partial charge < -0.3 is 11.1 Å². The van der Waals surface area contributed by atoms with E-state index in [9.17, 15) is 4.79 Å². The average Bonchev–Trinajstić information content (AvgIpc) is 2.42. The molecule has 0 aromatic carbocycles. The first-order valence-corrected chi connectivity index (χ1v) is 7.69. The lowest BCUT2D eigenvalue weighted by atomic mass is 10.2. The minimum Gasteiger partial charge on any atom is -0.384 e. The molecule has 2 heterocycles. The third-order valence-corrected chi connectivity index (χ3v) is 4.18. The van der Waals surface area contributed by atoms with Gasteiger partial charge in [0.25, 0.3) is 5.91 Å². The van der Waals surface area contributed by atoms with E-state index in [1.807, 2.05) is 11.8 Å². The zero-order valence-electron chi connectivity index (χ0n) is 10.6. The van der Waals surface area contributed by atoms with Crippen LogP contribution in [0.15, 0.2) is 12.3 Å². The number of amides is 1. The van der Waals surface area contributed by atoms with Gasteiger partial charge in [-0.3, -0.25) is 9.69 Å². The molecular formula is C12H17ClN4OS. The maximum absolute atomic E-state index is 12.0. The predicted molar refractivity (Wildman–Crippen MR) is 79.8 cm³/mol. The Morgan fingerprint density at radius 1 is 1.53 bits per heavy atom. The molecule has 7 heteroatoms. The van der Waals surface area contributed by atoms with Gasteiger partial charge in [0.15, 0.2) is 0 Å². The number of anilines is 1. The highest BCUT2D eigenvalue weighted by molar-refractivity contribution is 7.99. The summed E-state index contributed by atoms with van der Waals surface area (Å²) in [6.45, 7) is 3.65. The SMILES string of the molecule is Nc1cc(C(=O)NCCN2CCSCC2)c(Cl)cn1. The number of nitrogens with one attached hydrogen (secondary N) is 1. The molecule has 0 atom stereocenters. The first-order valence-electron chi connectivity index (χ1n) is 6.16. The lowest BCUT2D eigenvalue weighted by molar-refractivity contribution is 0.0949. The number of carbonyl (C=O) groups is 1. The van der Waals surface area contributed by atoms with E-state index in [4.69, 9.17) is 17.3 Å². The van der Waals surface area contributed by atoms with Gasteiger partial charge in [-0.25, -0.2) is 4.98 Å². The molecule has 0 bridgehead atoms. The van der Waals surface area contributed by atoms with Crippen molar-refractivity contribution in [3.05, 3.63) is 22.8 Å². The Balaban J connectivity index is 1.82. The average molecular weight is 301 g/mol. The quantitative estimate of drug-likeness (QED) is 0.871. The number of nitrogens with two attached hydrogens (primary N) is 1. The molecule has 1 fully saturated rings. The lowest BCUT2D eigenvalue weighted by Gasteiger charge is -2.26. The van der Waals surface area contributed by atoms with Gasteiger partial charge in [-0.1, -0.05) is 11.6 Å². The van der Waals surface area contributed by atoms with Crippen LogP contribution in [0, 0.1) is 0 Å². The van der Waals surface area contributed by atoms with Crippen molar-refractivity contribution in [3.8, 4) is 0 Å². The molecule has 19 heavy (non-hydrogen) atoms. The maximum Gasteiger partial charge on any atom is 0.253 e. The van der Waals surface area contributed by atoms with Gasteiger partial charge in [0.1, 0.15) is 5.82 Å². The van der Waals surface area contributed by atoms with E-state index in [0.29, 0.717) is 22.9 Å². The maximum atomic E-state index is 12.0. The Bertz CT molecular complexity index is 451. The van der Waals surface area contributed by atoms with Gasteiger partial charge >= 0.3 is 0 Å². The van der Waals surface area contributed by atoms with Crippen LogP contribution in [0.2, 0.25) is 5.02 Å². The predicted octanol–water partition coefficient (Wildman–Crippen LogP) is 1.10. The molecule has 0 saturated carbocycles. The Morgan fingerprint density at radius 2 is 2.26 bits per heavy atom. The number of rotatable bonds is 4. The molecule has 1 aromatic heterocycles. The summed E-state index contributed by atoms with van der Waals surface area (Å²) < 4.78 is 0. The smallest absolute Gasteiger partial charge is 0.253 e. The first-order chi connectivity index (χ1) is 9.16. The summed E-state index contributed by atoms with van der Waals surface area (Å²) in [7, 11) is 0. The minimum absolute atomic E-state index is 0.203. The van der Waals surface area contributed by atoms with Crippen LogP contribution < -0.4 is 11.1 Å². The molecule has 1 saturated heterocycles. The number of hydrogen-bond acceptors (Lipinski definition) is 5. The van der Waals surface area contributed by atoms with E-state index in [-0.39, 0.29) is 5.91 Å². The molecule has 3 N–H and O–H groups in total. The van der Waals surface area contributed by atoms with Gasteiger partial charge in [-0.2, -0.15) is 11.8 Å². The van der Waals surface area contributed by atoms with Crippen LogP contribution >= 0.6 is 23.4 Å². The molecule has 0 aliphatic carbocycles. The monoisotopic (exact) mass is 300 g/mol. The lowest BCUT2D eigenvalue weighted by Crippen LogP contribution is -2.39. The third kappa shape index (κ3) is 4.26. The van der Waals surface area contributed by atoms with Crippen molar-refractivity contribution in [3.63, 3.8) is 0 Å². The van der Waals surface area contributed by atoms with Gasteiger partial charge in [0.2, 0.25) is 0 Å². The van der Waals surface area contributed by atoms with Crippen LogP contribution in [0.4, 0.5) is 5.82 Å². The zero-order chi connectivity index (χ0) is 13.7. The molecule has 0 radical (unpaired) electrons. The first kappa shape index (κ1) is 14.4. The number of hydrogen-bond donors (Lipinski definition) is 2. The Labute approximate surface area is 121 Å². The number of thioether (sulfide) groups is 1. The van der Waals surface area contributed by atoms with E-state index >= 15 is 0 Å². The second kappa shape index (κ2) is 6.98. The second-order valence-electron chi connectivity index (χ2n) is 4.30. The van der Waals surface area contributed by atoms with Gasteiger partial charge in [0, 0.05) is 43.9 Å². The Hall–Kier alpha value is -0.980. The van der Waals surface area contributed by atoms with Crippen molar-refractivity contribution in [1.29, 1.82) is 0 Å². The van der Waals surface area contributed by atoms with Gasteiger partial charge in [-0.15, -0.1) is 0 Å². The Kier molecular flexibility index (Phi) is 5.30. The van der Waals surface area contributed by atoms with Crippen molar-refractivity contribution >= 4 is 35.1 Å². The van der Waals surface area contributed by atoms with E-state index in [0.717, 1.165) is 19.6 Å². The third-order valence-electron chi connectivity index (χ3n) is 2.94. The van der Waals surface area contributed by atoms with E-state index < -0.39 is 0 Å². The fraction of sp³-hybridized carbons (Fsp3) is 0.500. The van der Waals surface area contributed by atoms with Crippen LogP contribution in [0.25, 0.3) is 0 Å². The summed E-state index contributed by atoms with van der Waals surface area (Å²) in [6, 6.07) is 1.50. The van der Waals surface area contributed by atoms with Gasteiger partial charge in [0.05, 0.1) is 10.6 Å². The molecule has 0 spiro atoms. The van der Waals surface area contributed by atoms with Crippen molar-refractivity contribution in [1.82, 2.24) is 15.2 Å². The fourth-order valence-electron chi connectivity index (χ4n) is 1.88. The van der Waals surface area contributed by atoms with Crippen molar-refractivity contribution in [2.45, 2.75) is 0 Å². The summed E-state index contributed by atoms with van der Waals surface area (Å²) in [5, 5.41) is 3.18. The number of pyridine rings is 1. The highest BCUT2D eigenvalue weighted by Gasteiger charge is 2.13. The molecule has 1 amide bonds. The van der Waals surface area contributed by atoms with Crippen LogP contribution in [0.5, 0.6) is 0 Å². The van der Waals surface area contributed by atoms with E-state index in [1.165, 1.54) is 23.8 Å². The normalized spacial score (nSPS) is 16.3. The topological polar surface area (TPSA) is 71.2 Å². The molecule has 2 rings (SSSR count). The molecule has 5 nitrogen and oxygen atoms in total. The van der Waals surface area contributed by atoms with Crippen LogP contribution in [0.1, 0.15) is 10.4 Å². The number of halogens is 1. The number of aromatic nitrogens is 1. The summed E-state index contributed by atoms with van der Waals surface area (Å²) in [6.07, 6.45) is 1.40. The van der Waals surface area contributed by atoms with Crippen molar-refractivity contribution in [2.75, 3.05) is 43.4 Å². The molecular weight excluding hydrogens is 284 g/mol. The highest BCUT2D eigenvalue weighted by atomic mass is 35.5.